The molecule has 0 saturated heterocycles. The van der Waals surface area contributed by atoms with E-state index in [0.29, 0.717) is 6.61 Å². The van der Waals surface area contributed by atoms with E-state index in [1.165, 1.54) is 0 Å². The molecule has 94 valence electrons. The first-order chi connectivity index (χ1) is 7.37. The van der Waals surface area contributed by atoms with Crippen molar-refractivity contribution < 1.29 is 14.3 Å². The van der Waals surface area contributed by atoms with Crippen LogP contribution in [0, 0.1) is 5.41 Å². The minimum Gasteiger partial charge on any atom is -0.378 e. The Morgan fingerprint density at radius 1 is 1.44 bits per heavy atom. The van der Waals surface area contributed by atoms with E-state index in [-0.39, 0.29) is 29.6 Å². The van der Waals surface area contributed by atoms with Crippen molar-refractivity contribution in [2.75, 3.05) is 20.3 Å². The van der Waals surface area contributed by atoms with Crippen molar-refractivity contribution in [2.45, 2.75) is 45.8 Å². The summed E-state index contributed by atoms with van der Waals surface area (Å²) in [6.07, 6.45) is 0.856. The van der Waals surface area contributed by atoms with Crippen LogP contribution in [0.2, 0.25) is 0 Å². The maximum Gasteiger partial charge on any atom is 0.246 e. The van der Waals surface area contributed by atoms with E-state index in [1.54, 1.807) is 7.11 Å². The molecule has 0 aromatic heterocycles. The summed E-state index contributed by atoms with van der Waals surface area (Å²) in [6.45, 7) is 8.90. The topological polar surface area (TPSA) is 47.6 Å². The third-order valence-corrected chi connectivity index (χ3v) is 4.05. The van der Waals surface area contributed by atoms with E-state index in [1.807, 2.05) is 6.92 Å². The van der Waals surface area contributed by atoms with Gasteiger partial charge in [0.15, 0.2) is 0 Å². The van der Waals surface area contributed by atoms with Crippen molar-refractivity contribution in [2.24, 2.45) is 5.41 Å². The van der Waals surface area contributed by atoms with Gasteiger partial charge >= 0.3 is 0 Å². The third-order valence-electron chi connectivity index (χ3n) is 4.05. The smallest absolute Gasteiger partial charge is 0.246 e. The van der Waals surface area contributed by atoms with E-state index in [0.717, 1.165) is 6.42 Å². The highest BCUT2D eigenvalue weighted by Gasteiger charge is 2.58. The van der Waals surface area contributed by atoms with Crippen molar-refractivity contribution in [1.82, 2.24) is 5.32 Å². The molecule has 0 heterocycles. The Kier molecular flexibility index (Phi) is 3.97. The Morgan fingerprint density at radius 2 is 2.06 bits per heavy atom. The van der Waals surface area contributed by atoms with Crippen LogP contribution in [-0.4, -0.2) is 37.9 Å². The van der Waals surface area contributed by atoms with E-state index < -0.39 is 0 Å². The van der Waals surface area contributed by atoms with Crippen LogP contribution in [0.25, 0.3) is 0 Å². The van der Waals surface area contributed by atoms with Crippen molar-refractivity contribution in [1.29, 1.82) is 0 Å². The first-order valence-electron chi connectivity index (χ1n) is 5.79. The highest BCUT2D eigenvalue weighted by molar-refractivity contribution is 5.77. The zero-order valence-electron chi connectivity index (χ0n) is 10.9. The standard InChI is InChI=1S/C12H23NO3/c1-6-16-8-10(14)13-9-7-12(4,15-5)11(9,2)3/h9H,6-8H2,1-5H3,(H,13,14)/t9-,12-/m1/s1. The van der Waals surface area contributed by atoms with Crippen LogP contribution in [0.1, 0.15) is 34.1 Å². The minimum atomic E-state index is -0.142. The van der Waals surface area contributed by atoms with Crippen molar-refractivity contribution in [3.63, 3.8) is 0 Å². The van der Waals surface area contributed by atoms with Gasteiger partial charge in [0.2, 0.25) is 5.91 Å². The van der Waals surface area contributed by atoms with Crippen molar-refractivity contribution in [3.05, 3.63) is 0 Å². The Labute approximate surface area is 97.7 Å². The minimum absolute atomic E-state index is 0.0381. The molecule has 1 fully saturated rings. The lowest BCUT2D eigenvalue weighted by atomic mass is 9.56. The fourth-order valence-corrected chi connectivity index (χ4v) is 2.15. The van der Waals surface area contributed by atoms with Gasteiger partial charge in [-0.2, -0.15) is 0 Å². The van der Waals surface area contributed by atoms with Crippen molar-refractivity contribution in [3.8, 4) is 0 Å². The number of rotatable bonds is 5. The zero-order chi connectivity index (χ0) is 12.4. The van der Waals surface area contributed by atoms with Gasteiger partial charge < -0.3 is 14.8 Å². The second kappa shape index (κ2) is 4.72. The van der Waals surface area contributed by atoms with Crippen LogP contribution in [0.3, 0.4) is 0 Å². The Bertz CT molecular complexity index is 265. The number of hydrogen-bond acceptors (Lipinski definition) is 3. The molecule has 1 saturated carbocycles. The van der Waals surface area contributed by atoms with Crippen LogP contribution in [-0.2, 0) is 14.3 Å². The van der Waals surface area contributed by atoms with Crippen LogP contribution in [0.4, 0.5) is 0 Å². The van der Waals surface area contributed by atoms with Crippen LogP contribution in [0.5, 0.6) is 0 Å². The maximum atomic E-state index is 11.5. The summed E-state index contributed by atoms with van der Waals surface area (Å²) in [4.78, 5) is 11.5. The van der Waals surface area contributed by atoms with E-state index >= 15 is 0 Å². The number of amides is 1. The first-order valence-corrected chi connectivity index (χ1v) is 5.79. The molecule has 0 bridgehead atoms. The third kappa shape index (κ3) is 2.23. The summed E-state index contributed by atoms with van der Waals surface area (Å²) in [6, 6.07) is 0.172. The fourth-order valence-electron chi connectivity index (χ4n) is 2.15. The molecule has 1 aliphatic rings. The van der Waals surface area contributed by atoms with Crippen LogP contribution < -0.4 is 5.32 Å². The highest BCUT2D eigenvalue weighted by atomic mass is 16.5. The summed E-state index contributed by atoms with van der Waals surface area (Å²) in [7, 11) is 1.72. The maximum absolute atomic E-state index is 11.5. The number of hydrogen-bond donors (Lipinski definition) is 1. The Balaban J connectivity index is 2.45. The molecule has 0 aliphatic heterocycles. The van der Waals surface area contributed by atoms with Crippen LogP contribution in [0.15, 0.2) is 0 Å². The Hall–Kier alpha value is -0.610. The summed E-state index contributed by atoms with van der Waals surface area (Å²) in [5.74, 6) is -0.0434. The largest absolute Gasteiger partial charge is 0.378 e. The molecule has 0 spiro atoms. The first kappa shape index (κ1) is 13.5. The van der Waals surface area contributed by atoms with Gasteiger partial charge in [-0.15, -0.1) is 0 Å². The molecule has 0 unspecified atom stereocenters. The molecule has 1 amide bonds. The number of carbonyl (C=O) groups is 1. The number of nitrogens with one attached hydrogen (secondary N) is 1. The monoisotopic (exact) mass is 229 g/mol. The molecule has 16 heavy (non-hydrogen) atoms. The molecule has 4 nitrogen and oxygen atoms in total. The SMILES string of the molecule is CCOCC(=O)N[C@@H]1C[C@@](C)(OC)C1(C)C. The van der Waals surface area contributed by atoms with Crippen molar-refractivity contribution >= 4 is 5.91 Å². The highest BCUT2D eigenvalue weighted by Crippen LogP contribution is 2.51. The van der Waals surface area contributed by atoms with Gasteiger partial charge in [-0.05, 0) is 20.3 Å². The predicted octanol–water partition coefficient (Wildman–Crippen LogP) is 1.34. The quantitative estimate of drug-likeness (QED) is 0.774. The van der Waals surface area contributed by atoms with Gasteiger partial charge in [0.1, 0.15) is 6.61 Å². The van der Waals surface area contributed by atoms with Gasteiger partial charge in [-0.25, -0.2) is 0 Å². The lowest BCUT2D eigenvalue weighted by Gasteiger charge is -2.59. The summed E-state index contributed by atoms with van der Waals surface area (Å²) < 4.78 is 10.6. The van der Waals surface area contributed by atoms with Gasteiger partial charge in [0, 0.05) is 25.2 Å². The summed E-state index contributed by atoms with van der Waals surface area (Å²) >= 11 is 0. The normalized spacial score (nSPS) is 31.9. The van der Waals surface area contributed by atoms with Crippen LogP contribution >= 0.6 is 0 Å². The van der Waals surface area contributed by atoms with Gasteiger partial charge in [-0.3, -0.25) is 4.79 Å². The second-order valence-electron chi connectivity index (χ2n) is 5.12. The molecule has 1 N–H and O–H groups in total. The molecule has 1 rings (SSSR count). The Morgan fingerprint density at radius 3 is 2.50 bits per heavy atom. The van der Waals surface area contributed by atoms with Gasteiger partial charge in [0.05, 0.1) is 5.60 Å². The van der Waals surface area contributed by atoms with E-state index in [2.05, 4.69) is 26.1 Å². The molecule has 0 aromatic rings. The summed E-state index contributed by atoms with van der Waals surface area (Å²) in [5, 5.41) is 2.99. The fraction of sp³-hybridized carbons (Fsp3) is 0.917. The molecule has 0 radical (unpaired) electrons. The van der Waals surface area contributed by atoms with Gasteiger partial charge in [0.25, 0.3) is 0 Å². The molecule has 2 atom stereocenters. The average Bonchev–Trinajstić information content (AvgIpc) is 2.25. The zero-order valence-corrected chi connectivity index (χ0v) is 10.9. The molecule has 0 aromatic carbocycles. The average molecular weight is 229 g/mol. The van der Waals surface area contributed by atoms with E-state index in [9.17, 15) is 4.79 Å². The molecular formula is C12H23NO3. The van der Waals surface area contributed by atoms with E-state index in [4.69, 9.17) is 9.47 Å². The lowest BCUT2D eigenvalue weighted by Crippen LogP contribution is -2.68. The van der Waals surface area contributed by atoms with Gasteiger partial charge in [-0.1, -0.05) is 13.8 Å². The number of methoxy groups -OCH3 is 1. The molecule has 1 aliphatic carbocycles. The lowest BCUT2D eigenvalue weighted by molar-refractivity contribution is -0.183. The number of ether oxygens (including phenoxy) is 2. The predicted molar refractivity (Wildman–Crippen MR) is 62.2 cm³/mol. The summed E-state index contributed by atoms with van der Waals surface area (Å²) in [5.41, 5.74) is -0.180. The second-order valence-corrected chi connectivity index (χ2v) is 5.12. The molecular weight excluding hydrogens is 206 g/mol. The molecule has 4 heteroatoms. The number of carbonyl (C=O) groups excluding carboxylic acids is 1.